The van der Waals surface area contributed by atoms with Crippen molar-refractivity contribution in [3.8, 4) is 0 Å². The number of halogens is 4. The van der Waals surface area contributed by atoms with Gasteiger partial charge in [-0.3, -0.25) is 4.79 Å². The maximum Gasteiger partial charge on any atom is 0.189 e. The minimum Gasteiger partial charge on any atom is -0.292 e. The Labute approximate surface area is 105 Å². The van der Waals surface area contributed by atoms with E-state index in [1.165, 1.54) is 0 Å². The van der Waals surface area contributed by atoms with Crippen LogP contribution in [0.15, 0.2) is 8.42 Å². The lowest BCUT2D eigenvalue weighted by molar-refractivity contribution is -0.114. The van der Waals surface area contributed by atoms with E-state index < -0.39 is 5.38 Å². The largest absolute Gasteiger partial charge is 0.292 e. The number of carbonyl (C=O) groups excluding carboxylic acids is 1. The fraction of sp³-hybridized carbons (Fsp3) is 0.625. The molecule has 0 aliphatic rings. The summed E-state index contributed by atoms with van der Waals surface area (Å²) in [4.78, 5) is 11.4. The first-order valence-corrected chi connectivity index (χ1v) is 6.29. The number of allylic oxidation sites excluding steroid dienone is 1. The van der Waals surface area contributed by atoms with E-state index in [0.717, 1.165) is 12.8 Å². The summed E-state index contributed by atoms with van der Waals surface area (Å²) in [6.07, 6.45) is 2.66. The van der Waals surface area contributed by atoms with Gasteiger partial charge in [0, 0.05) is 0 Å². The van der Waals surface area contributed by atoms with Crippen molar-refractivity contribution < 1.29 is 4.79 Å². The molecule has 13 heavy (non-hydrogen) atoms. The fourth-order valence-electron chi connectivity index (χ4n) is 0.745. The van der Waals surface area contributed by atoms with Gasteiger partial charge in [0.2, 0.25) is 0 Å². The summed E-state index contributed by atoms with van der Waals surface area (Å²) < 4.78 is 0.574. The molecule has 0 N–H and O–H groups in total. The van der Waals surface area contributed by atoms with E-state index in [0.29, 0.717) is 10.9 Å². The summed E-state index contributed by atoms with van der Waals surface area (Å²) in [6.45, 7) is 2.05. The Kier molecular flexibility index (Phi) is 7.80. The van der Waals surface area contributed by atoms with Crippen LogP contribution in [0.25, 0.3) is 0 Å². The Hall–Kier alpha value is 0.950. The number of hydrogen-bond donors (Lipinski definition) is 0. The zero-order valence-corrected chi connectivity index (χ0v) is 11.8. The van der Waals surface area contributed by atoms with Gasteiger partial charge >= 0.3 is 0 Å². The first-order valence-electron chi connectivity index (χ1n) is 3.89. The van der Waals surface area contributed by atoms with Crippen molar-refractivity contribution in [3.05, 3.63) is 8.42 Å². The van der Waals surface area contributed by atoms with Crippen LogP contribution in [0, 0.1) is 0 Å². The van der Waals surface area contributed by atoms with Crippen molar-refractivity contribution in [2.45, 2.75) is 31.6 Å². The Balaban J connectivity index is 4.19. The van der Waals surface area contributed by atoms with Crippen molar-refractivity contribution in [3.63, 3.8) is 0 Å². The highest BCUT2D eigenvalue weighted by Gasteiger charge is 2.19. The maximum absolute atomic E-state index is 11.4. The number of rotatable bonds is 5. The average Bonchev–Trinajstić information content (AvgIpc) is 2.11. The smallest absolute Gasteiger partial charge is 0.189 e. The number of alkyl halides is 1. The second kappa shape index (κ2) is 7.27. The molecule has 0 saturated heterocycles. The minimum atomic E-state index is -0.486. The van der Waals surface area contributed by atoms with Crippen molar-refractivity contribution in [1.82, 2.24) is 0 Å². The molecule has 5 heteroatoms. The summed E-state index contributed by atoms with van der Waals surface area (Å²) in [7, 11) is 0. The van der Waals surface area contributed by atoms with E-state index in [1.54, 1.807) is 0 Å². The summed E-state index contributed by atoms with van der Waals surface area (Å²) >= 11 is 17.5. The molecule has 1 atom stereocenters. The third kappa shape index (κ3) is 5.40. The Morgan fingerprint density at radius 1 is 1.46 bits per heavy atom. The van der Waals surface area contributed by atoms with Crippen LogP contribution in [0.2, 0.25) is 0 Å². The molecule has 0 amide bonds. The van der Waals surface area contributed by atoms with Crippen LogP contribution in [-0.4, -0.2) is 11.2 Å². The van der Waals surface area contributed by atoms with Crippen LogP contribution >= 0.6 is 55.1 Å². The molecule has 0 radical (unpaired) electrons. The van der Waals surface area contributed by atoms with Crippen LogP contribution in [-0.2, 0) is 4.79 Å². The summed E-state index contributed by atoms with van der Waals surface area (Å²) in [5, 5.41) is -0.486. The van der Waals surface area contributed by atoms with Crippen molar-refractivity contribution >= 4 is 60.8 Å². The van der Waals surface area contributed by atoms with Crippen molar-refractivity contribution in [2.24, 2.45) is 0 Å². The number of hydrogen-bond acceptors (Lipinski definition) is 1. The minimum absolute atomic E-state index is 0.169. The van der Waals surface area contributed by atoms with Gasteiger partial charge in [-0.25, -0.2) is 0 Å². The second-order valence-electron chi connectivity index (χ2n) is 2.55. The molecule has 1 nitrogen and oxygen atoms in total. The van der Waals surface area contributed by atoms with E-state index in [9.17, 15) is 4.79 Å². The highest BCUT2D eigenvalue weighted by atomic mass is 79.9. The lowest BCUT2D eigenvalue weighted by Crippen LogP contribution is -2.14. The number of Topliss-reactive ketones (excluding diaryl/α,β-unsaturated/α-hetero) is 1. The van der Waals surface area contributed by atoms with Gasteiger partial charge in [-0.2, -0.15) is 0 Å². The van der Waals surface area contributed by atoms with Gasteiger partial charge in [-0.1, -0.05) is 31.4 Å². The average molecular weight is 353 g/mol. The van der Waals surface area contributed by atoms with Gasteiger partial charge in [-0.15, -0.1) is 11.6 Å². The molecule has 76 valence electrons. The van der Waals surface area contributed by atoms with E-state index in [2.05, 4.69) is 38.8 Å². The second-order valence-corrected chi connectivity index (χ2v) is 5.50. The summed E-state index contributed by atoms with van der Waals surface area (Å²) in [5.74, 6) is -0.169. The van der Waals surface area contributed by atoms with E-state index >= 15 is 0 Å². The predicted molar refractivity (Wildman–Crippen MR) is 64.9 cm³/mol. The van der Waals surface area contributed by atoms with Gasteiger partial charge in [0.1, 0.15) is 3.94 Å². The first kappa shape index (κ1) is 13.9. The van der Waals surface area contributed by atoms with Gasteiger partial charge in [0.05, 0.1) is 9.86 Å². The van der Waals surface area contributed by atoms with Crippen LogP contribution in [0.4, 0.5) is 0 Å². The molecule has 0 saturated carbocycles. The zero-order chi connectivity index (χ0) is 10.4. The van der Waals surface area contributed by atoms with E-state index in [4.69, 9.17) is 23.2 Å². The topological polar surface area (TPSA) is 17.1 Å². The Morgan fingerprint density at radius 2 is 2.00 bits per heavy atom. The summed E-state index contributed by atoms with van der Waals surface area (Å²) in [5.41, 5.74) is 0. The Morgan fingerprint density at radius 3 is 2.38 bits per heavy atom. The molecule has 0 bridgehead atoms. The number of unbranched alkanes of at least 4 members (excludes halogenated alkanes) is 1. The van der Waals surface area contributed by atoms with Gasteiger partial charge < -0.3 is 0 Å². The Bertz CT molecular complexity index is 212. The summed E-state index contributed by atoms with van der Waals surface area (Å²) in [6, 6.07) is 0. The van der Waals surface area contributed by atoms with E-state index in [1.807, 2.05) is 0 Å². The molecular formula is C8H10Br2Cl2O. The van der Waals surface area contributed by atoms with Crippen LogP contribution in [0.3, 0.4) is 0 Å². The fourth-order valence-corrected chi connectivity index (χ4v) is 1.71. The third-order valence-electron chi connectivity index (χ3n) is 1.48. The molecule has 0 aliphatic heterocycles. The molecule has 1 unspecified atom stereocenters. The van der Waals surface area contributed by atoms with Gasteiger partial charge in [-0.05, 0) is 38.3 Å². The molecule has 0 aromatic carbocycles. The lowest BCUT2D eigenvalue weighted by atomic mass is 10.1. The standard InChI is InChI=1S/C8H10Br2Cl2O/c1-2-3-4-5(11)7(13)6(9)8(10)12/h5H,2-4H2,1H3. The number of ketones is 1. The SMILES string of the molecule is CCCCC(Cl)C(=O)C(Br)=C(Cl)Br. The van der Waals surface area contributed by atoms with E-state index in [-0.39, 0.29) is 9.72 Å². The predicted octanol–water partition coefficient (Wildman–Crippen LogP) is 4.55. The molecule has 0 rings (SSSR count). The normalized spacial score (nSPS) is 15.2. The highest BCUT2D eigenvalue weighted by molar-refractivity contribution is 9.14. The van der Waals surface area contributed by atoms with Crippen LogP contribution < -0.4 is 0 Å². The maximum atomic E-state index is 11.4. The zero-order valence-electron chi connectivity index (χ0n) is 7.12. The van der Waals surface area contributed by atoms with Gasteiger partial charge in [0.25, 0.3) is 0 Å². The highest BCUT2D eigenvalue weighted by Crippen LogP contribution is 2.26. The molecule has 0 spiro atoms. The molecule has 0 fully saturated rings. The van der Waals surface area contributed by atoms with Crippen molar-refractivity contribution in [1.29, 1.82) is 0 Å². The van der Waals surface area contributed by atoms with Crippen LogP contribution in [0.1, 0.15) is 26.2 Å². The third-order valence-corrected chi connectivity index (χ3v) is 4.03. The molecular weight excluding hydrogens is 343 g/mol. The lowest BCUT2D eigenvalue weighted by Gasteiger charge is -2.06. The number of carbonyl (C=O) groups is 1. The monoisotopic (exact) mass is 350 g/mol. The quantitative estimate of drug-likeness (QED) is 0.524. The van der Waals surface area contributed by atoms with Gasteiger partial charge in [0.15, 0.2) is 5.78 Å². The molecule has 0 aliphatic carbocycles. The molecule has 0 heterocycles. The first-order chi connectivity index (χ1) is 6.00. The molecule has 0 aromatic heterocycles. The van der Waals surface area contributed by atoms with Crippen molar-refractivity contribution in [2.75, 3.05) is 0 Å². The molecule has 0 aromatic rings. The van der Waals surface area contributed by atoms with Crippen LogP contribution in [0.5, 0.6) is 0 Å².